The second kappa shape index (κ2) is 5.86. The van der Waals surface area contributed by atoms with Gasteiger partial charge >= 0.3 is 0 Å². The van der Waals surface area contributed by atoms with Gasteiger partial charge in [-0.15, -0.1) is 0 Å². The highest BCUT2D eigenvalue weighted by atomic mass is 16.3. The van der Waals surface area contributed by atoms with Crippen LogP contribution in [0.1, 0.15) is 17.3 Å². The lowest BCUT2D eigenvalue weighted by atomic mass is 10.1. The third-order valence-corrected chi connectivity index (χ3v) is 2.54. The van der Waals surface area contributed by atoms with E-state index < -0.39 is 6.04 Å². The van der Waals surface area contributed by atoms with Crippen LogP contribution in [0.2, 0.25) is 0 Å². The number of aromatic nitrogens is 2. The maximum Gasteiger partial charge on any atom is 0.252 e. The molecule has 0 radical (unpaired) electrons. The summed E-state index contributed by atoms with van der Waals surface area (Å²) in [6.45, 7) is 1.69. The standard InChI is InChI=1S/C13H13N5O2/c1-8-5-12(20)16-13(15-8)18-17-11(7-14)9-3-2-4-10(19)6-9/h2-6,11,17,19H,1H3,(H2,15,16,18,20)/t11-/m1/s1. The number of nitriles is 1. The number of nitrogens with zero attached hydrogens (tertiary/aromatic N) is 2. The van der Waals surface area contributed by atoms with Crippen LogP contribution in [0.4, 0.5) is 5.95 Å². The van der Waals surface area contributed by atoms with Crippen molar-refractivity contribution in [2.24, 2.45) is 0 Å². The molecule has 1 aromatic carbocycles. The third kappa shape index (κ3) is 3.34. The van der Waals surface area contributed by atoms with E-state index in [-0.39, 0.29) is 17.3 Å². The van der Waals surface area contributed by atoms with Crippen molar-refractivity contribution in [2.45, 2.75) is 13.0 Å². The van der Waals surface area contributed by atoms with E-state index in [1.165, 1.54) is 18.2 Å². The van der Waals surface area contributed by atoms with Crippen LogP contribution < -0.4 is 16.4 Å². The number of phenols is 1. The minimum Gasteiger partial charge on any atom is -0.508 e. The van der Waals surface area contributed by atoms with Gasteiger partial charge in [-0.05, 0) is 24.6 Å². The molecule has 0 aliphatic heterocycles. The van der Waals surface area contributed by atoms with Gasteiger partial charge in [-0.2, -0.15) is 5.26 Å². The van der Waals surface area contributed by atoms with Gasteiger partial charge in [0, 0.05) is 11.8 Å². The first-order valence-corrected chi connectivity index (χ1v) is 5.86. The summed E-state index contributed by atoms with van der Waals surface area (Å²) in [5.74, 6) is 0.294. The minimum atomic E-state index is -0.701. The zero-order valence-corrected chi connectivity index (χ0v) is 10.7. The number of hydrogen-bond acceptors (Lipinski definition) is 6. The maximum absolute atomic E-state index is 11.3. The van der Waals surface area contributed by atoms with Crippen molar-refractivity contribution in [3.63, 3.8) is 0 Å². The number of hydrazine groups is 1. The molecule has 2 rings (SSSR count). The molecule has 20 heavy (non-hydrogen) atoms. The summed E-state index contributed by atoms with van der Waals surface area (Å²) in [6.07, 6.45) is 0. The molecule has 0 fully saturated rings. The van der Waals surface area contributed by atoms with Crippen molar-refractivity contribution in [3.05, 3.63) is 51.9 Å². The Balaban J connectivity index is 2.12. The van der Waals surface area contributed by atoms with Crippen molar-refractivity contribution in [1.82, 2.24) is 15.4 Å². The van der Waals surface area contributed by atoms with E-state index in [2.05, 4.69) is 20.8 Å². The van der Waals surface area contributed by atoms with Crippen molar-refractivity contribution in [3.8, 4) is 11.8 Å². The SMILES string of the molecule is Cc1cc(=O)[nH]c(NN[C@H](C#N)c2cccc(O)c2)n1. The molecule has 0 spiro atoms. The van der Waals surface area contributed by atoms with Gasteiger partial charge in [0.1, 0.15) is 11.8 Å². The van der Waals surface area contributed by atoms with Crippen LogP contribution in [0.5, 0.6) is 5.75 Å². The first-order chi connectivity index (χ1) is 9.58. The molecule has 0 aliphatic carbocycles. The fourth-order valence-corrected chi connectivity index (χ4v) is 1.67. The molecule has 0 saturated carbocycles. The number of H-pyrrole nitrogens is 1. The van der Waals surface area contributed by atoms with Crippen LogP contribution in [0.25, 0.3) is 0 Å². The largest absolute Gasteiger partial charge is 0.508 e. The Bertz CT molecular complexity index is 704. The number of aromatic hydroxyl groups is 1. The molecule has 1 aromatic heterocycles. The van der Waals surface area contributed by atoms with Gasteiger partial charge in [-0.3, -0.25) is 15.2 Å². The van der Waals surface area contributed by atoms with Crippen molar-refractivity contribution in [2.75, 3.05) is 5.43 Å². The predicted octanol–water partition coefficient (Wildman–Crippen LogP) is 0.965. The number of nitrogens with one attached hydrogen (secondary N) is 3. The highest BCUT2D eigenvalue weighted by molar-refractivity contribution is 5.33. The molecule has 0 unspecified atom stereocenters. The van der Waals surface area contributed by atoms with E-state index >= 15 is 0 Å². The van der Waals surface area contributed by atoms with E-state index in [9.17, 15) is 9.90 Å². The highest BCUT2D eigenvalue weighted by Gasteiger charge is 2.10. The summed E-state index contributed by atoms with van der Waals surface area (Å²) in [4.78, 5) is 17.8. The number of rotatable bonds is 4. The molecule has 0 bridgehead atoms. The number of phenolic OH excluding ortho intramolecular Hbond substituents is 1. The number of aryl methyl sites for hydroxylation is 1. The fraction of sp³-hybridized carbons (Fsp3) is 0.154. The van der Waals surface area contributed by atoms with Crippen LogP contribution in [-0.4, -0.2) is 15.1 Å². The Hall–Kier alpha value is -2.85. The normalized spacial score (nSPS) is 11.6. The lowest BCUT2D eigenvalue weighted by Crippen LogP contribution is -2.28. The van der Waals surface area contributed by atoms with Gasteiger partial charge in [-0.1, -0.05) is 12.1 Å². The van der Waals surface area contributed by atoms with E-state index in [1.54, 1.807) is 19.1 Å². The minimum absolute atomic E-state index is 0.0756. The summed E-state index contributed by atoms with van der Waals surface area (Å²) >= 11 is 0. The molecule has 7 heteroatoms. The smallest absolute Gasteiger partial charge is 0.252 e. The first-order valence-electron chi connectivity index (χ1n) is 5.86. The second-order valence-corrected chi connectivity index (χ2v) is 4.16. The Morgan fingerprint density at radius 1 is 1.45 bits per heavy atom. The topological polar surface area (TPSA) is 114 Å². The van der Waals surface area contributed by atoms with Gasteiger partial charge < -0.3 is 5.11 Å². The van der Waals surface area contributed by atoms with E-state index in [1.807, 2.05) is 6.07 Å². The average Bonchev–Trinajstić information content (AvgIpc) is 2.38. The van der Waals surface area contributed by atoms with Gasteiger partial charge in [-0.25, -0.2) is 10.4 Å². The fourth-order valence-electron chi connectivity index (χ4n) is 1.67. The van der Waals surface area contributed by atoms with E-state index in [4.69, 9.17) is 5.26 Å². The molecular formula is C13H13N5O2. The monoisotopic (exact) mass is 271 g/mol. The third-order valence-electron chi connectivity index (χ3n) is 2.54. The van der Waals surface area contributed by atoms with Gasteiger partial charge in [0.05, 0.1) is 6.07 Å². The Labute approximate surface area is 114 Å². The summed E-state index contributed by atoms with van der Waals surface area (Å²) in [7, 11) is 0. The van der Waals surface area contributed by atoms with Crippen molar-refractivity contribution >= 4 is 5.95 Å². The van der Waals surface area contributed by atoms with Crippen LogP contribution in [0, 0.1) is 18.3 Å². The molecule has 1 atom stereocenters. The van der Waals surface area contributed by atoms with Gasteiger partial charge in [0.25, 0.3) is 5.56 Å². The van der Waals surface area contributed by atoms with Crippen LogP contribution in [-0.2, 0) is 0 Å². The van der Waals surface area contributed by atoms with E-state index in [0.717, 1.165) is 0 Å². The highest BCUT2D eigenvalue weighted by Crippen LogP contribution is 2.17. The summed E-state index contributed by atoms with van der Waals surface area (Å²) in [5.41, 5.74) is 6.27. The average molecular weight is 271 g/mol. The Morgan fingerprint density at radius 3 is 2.90 bits per heavy atom. The molecule has 0 amide bonds. The zero-order chi connectivity index (χ0) is 14.5. The number of anilines is 1. The lowest BCUT2D eigenvalue weighted by Gasteiger charge is -2.13. The van der Waals surface area contributed by atoms with E-state index in [0.29, 0.717) is 11.3 Å². The summed E-state index contributed by atoms with van der Waals surface area (Å²) < 4.78 is 0. The zero-order valence-electron chi connectivity index (χ0n) is 10.7. The van der Waals surface area contributed by atoms with Gasteiger partial charge in [0.15, 0.2) is 0 Å². The van der Waals surface area contributed by atoms with Crippen molar-refractivity contribution in [1.29, 1.82) is 5.26 Å². The number of aromatic amines is 1. The lowest BCUT2D eigenvalue weighted by molar-refractivity contribution is 0.474. The predicted molar refractivity (Wildman–Crippen MR) is 72.8 cm³/mol. The number of benzene rings is 1. The summed E-state index contributed by atoms with van der Waals surface area (Å²) in [5, 5.41) is 18.5. The molecule has 2 aromatic rings. The first kappa shape index (κ1) is 13.6. The molecule has 0 aliphatic rings. The molecule has 102 valence electrons. The molecular weight excluding hydrogens is 258 g/mol. The van der Waals surface area contributed by atoms with Gasteiger partial charge in [0.2, 0.25) is 5.95 Å². The molecule has 1 heterocycles. The Kier molecular flexibility index (Phi) is 3.98. The van der Waals surface area contributed by atoms with Crippen LogP contribution >= 0.6 is 0 Å². The molecule has 7 nitrogen and oxygen atoms in total. The maximum atomic E-state index is 11.3. The summed E-state index contributed by atoms with van der Waals surface area (Å²) in [6, 6.07) is 9.05. The van der Waals surface area contributed by atoms with Crippen LogP contribution in [0.3, 0.4) is 0 Å². The van der Waals surface area contributed by atoms with Crippen molar-refractivity contribution < 1.29 is 5.11 Å². The molecule has 4 N–H and O–H groups in total. The Morgan fingerprint density at radius 2 is 2.25 bits per heavy atom. The second-order valence-electron chi connectivity index (χ2n) is 4.16. The quantitative estimate of drug-likeness (QED) is 0.616. The molecule has 0 saturated heterocycles. The van der Waals surface area contributed by atoms with Crippen LogP contribution in [0.15, 0.2) is 35.1 Å². The number of hydrogen-bond donors (Lipinski definition) is 4.